The molecule has 0 bridgehead atoms. The van der Waals surface area contributed by atoms with Gasteiger partial charge >= 0.3 is 6.03 Å². The number of nitrogens with zero attached hydrogens (tertiary/aromatic N) is 3. The Morgan fingerprint density at radius 3 is 2.66 bits per heavy atom. The molecule has 0 fully saturated rings. The maximum absolute atomic E-state index is 11.3. The quantitative estimate of drug-likeness (QED) is 0.383. The molecule has 32 heavy (non-hydrogen) atoms. The van der Waals surface area contributed by atoms with Gasteiger partial charge in [0.15, 0.2) is 0 Å². The lowest BCUT2D eigenvalue weighted by Crippen LogP contribution is -2.19. The fourth-order valence-corrected chi connectivity index (χ4v) is 3.28. The third-order valence-corrected chi connectivity index (χ3v) is 4.86. The maximum Gasteiger partial charge on any atom is 0.316 e. The van der Waals surface area contributed by atoms with Crippen LogP contribution >= 0.6 is 0 Å². The zero-order valence-electron chi connectivity index (χ0n) is 17.9. The highest BCUT2D eigenvalue weighted by Crippen LogP contribution is 2.32. The zero-order valence-corrected chi connectivity index (χ0v) is 17.9. The molecule has 0 atom stereocenters. The highest BCUT2D eigenvalue weighted by Gasteiger charge is 2.09. The number of pyridine rings is 1. The molecule has 8 nitrogen and oxygen atoms in total. The van der Waals surface area contributed by atoms with Gasteiger partial charge in [-0.15, -0.1) is 0 Å². The summed E-state index contributed by atoms with van der Waals surface area (Å²) < 4.78 is 6.09. The van der Waals surface area contributed by atoms with E-state index in [-0.39, 0.29) is 5.92 Å². The summed E-state index contributed by atoms with van der Waals surface area (Å²) in [5, 5.41) is 7.58. The summed E-state index contributed by atoms with van der Waals surface area (Å²) in [6, 6.07) is 14.5. The Kier molecular flexibility index (Phi) is 6.12. The number of hydrogen-bond acceptors (Lipinski definition) is 6. The summed E-state index contributed by atoms with van der Waals surface area (Å²) in [5.41, 5.74) is 7.77. The molecule has 2 heterocycles. The minimum Gasteiger partial charge on any atom is -0.488 e. The number of fused-ring (bicyclic) bond motifs is 1. The van der Waals surface area contributed by atoms with E-state index in [1.165, 1.54) is 0 Å². The SMILES string of the molecule is CC(C)c1cncc(Nc2cc(COc3ccc(NC(N)=O)c4ccccc34)ccn2)n1. The van der Waals surface area contributed by atoms with Crippen LogP contribution in [0.2, 0.25) is 0 Å². The molecule has 0 spiro atoms. The van der Waals surface area contributed by atoms with Crippen LogP contribution in [-0.2, 0) is 6.61 Å². The standard InChI is InChI=1S/C24H24N6O2/c1-15(2)20-12-26-13-23(28-20)30-22-11-16(9-10-27-22)14-32-21-8-7-19(29-24(25)31)17-5-3-4-6-18(17)21/h3-13,15H,14H2,1-2H3,(H3,25,29,31)(H,27,28,30). The molecule has 0 aliphatic carbocycles. The monoisotopic (exact) mass is 428 g/mol. The van der Waals surface area contributed by atoms with E-state index in [2.05, 4.69) is 39.4 Å². The lowest BCUT2D eigenvalue weighted by atomic mass is 10.1. The number of carbonyl (C=O) groups is 1. The smallest absolute Gasteiger partial charge is 0.316 e. The Balaban J connectivity index is 1.51. The fourth-order valence-electron chi connectivity index (χ4n) is 3.28. The number of hydrogen-bond donors (Lipinski definition) is 3. The Labute approximate surface area is 185 Å². The van der Waals surface area contributed by atoms with E-state index in [1.807, 2.05) is 42.5 Å². The number of nitrogens with two attached hydrogens (primary N) is 1. The van der Waals surface area contributed by atoms with Gasteiger partial charge in [0.05, 0.1) is 17.6 Å². The zero-order chi connectivity index (χ0) is 22.5. The van der Waals surface area contributed by atoms with Gasteiger partial charge in [0, 0.05) is 23.2 Å². The lowest BCUT2D eigenvalue weighted by molar-refractivity contribution is 0.259. The van der Waals surface area contributed by atoms with E-state index in [0.717, 1.165) is 22.0 Å². The molecule has 0 aliphatic rings. The average molecular weight is 428 g/mol. The van der Waals surface area contributed by atoms with Crippen LogP contribution in [0.4, 0.5) is 22.1 Å². The fraction of sp³-hybridized carbons (Fsp3) is 0.167. The van der Waals surface area contributed by atoms with Crippen molar-refractivity contribution >= 4 is 34.1 Å². The van der Waals surface area contributed by atoms with Gasteiger partial charge < -0.3 is 21.1 Å². The number of carbonyl (C=O) groups excluding carboxylic acids is 1. The van der Waals surface area contributed by atoms with Crippen LogP contribution in [0.15, 0.2) is 67.1 Å². The Hall–Kier alpha value is -4.20. The second-order valence-corrected chi connectivity index (χ2v) is 7.59. The van der Waals surface area contributed by atoms with Gasteiger partial charge in [-0.3, -0.25) is 4.98 Å². The van der Waals surface area contributed by atoms with Crippen LogP contribution in [0.1, 0.15) is 31.0 Å². The summed E-state index contributed by atoms with van der Waals surface area (Å²) in [7, 11) is 0. The third-order valence-electron chi connectivity index (χ3n) is 4.86. The molecule has 8 heteroatoms. The molecule has 0 unspecified atom stereocenters. The van der Waals surface area contributed by atoms with Crippen molar-refractivity contribution < 1.29 is 9.53 Å². The summed E-state index contributed by atoms with van der Waals surface area (Å²) in [5.74, 6) is 2.30. The first kappa shape index (κ1) is 21.0. The molecule has 162 valence electrons. The number of amides is 2. The molecule has 2 aromatic heterocycles. The van der Waals surface area contributed by atoms with E-state index >= 15 is 0 Å². The Morgan fingerprint density at radius 1 is 1.06 bits per heavy atom. The molecular formula is C24H24N6O2. The minimum atomic E-state index is -0.607. The van der Waals surface area contributed by atoms with Gasteiger partial charge in [0.25, 0.3) is 0 Å². The van der Waals surface area contributed by atoms with E-state index in [9.17, 15) is 4.79 Å². The second-order valence-electron chi connectivity index (χ2n) is 7.59. The van der Waals surface area contributed by atoms with Crippen LogP contribution in [0, 0.1) is 0 Å². The van der Waals surface area contributed by atoms with Crippen molar-refractivity contribution in [3.8, 4) is 5.75 Å². The van der Waals surface area contributed by atoms with Crippen LogP contribution in [0.5, 0.6) is 5.75 Å². The lowest BCUT2D eigenvalue weighted by Gasteiger charge is -2.13. The first-order chi connectivity index (χ1) is 15.5. The van der Waals surface area contributed by atoms with E-state index in [1.54, 1.807) is 24.7 Å². The van der Waals surface area contributed by atoms with E-state index < -0.39 is 6.03 Å². The predicted molar refractivity (Wildman–Crippen MR) is 125 cm³/mol. The number of nitrogens with one attached hydrogen (secondary N) is 2. The molecule has 4 aromatic rings. The first-order valence-electron chi connectivity index (χ1n) is 10.2. The first-order valence-corrected chi connectivity index (χ1v) is 10.2. The molecule has 4 rings (SSSR count). The van der Waals surface area contributed by atoms with E-state index in [4.69, 9.17) is 10.5 Å². The number of aromatic nitrogens is 3. The summed E-state index contributed by atoms with van der Waals surface area (Å²) in [4.78, 5) is 24.5. The van der Waals surface area contributed by atoms with Crippen molar-refractivity contribution in [1.82, 2.24) is 15.0 Å². The van der Waals surface area contributed by atoms with Crippen LogP contribution in [-0.4, -0.2) is 21.0 Å². The number of anilines is 3. The summed E-state index contributed by atoms with van der Waals surface area (Å²) in [6.07, 6.45) is 5.16. The van der Waals surface area contributed by atoms with Gasteiger partial charge in [0.1, 0.15) is 24.0 Å². The van der Waals surface area contributed by atoms with Gasteiger partial charge in [0.2, 0.25) is 0 Å². The molecule has 4 N–H and O–H groups in total. The van der Waals surface area contributed by atoms with Crippen molar-refractivity contribution in [1.29, 1.82) is 0 Å². The third kappa shape index (κ3) is 4.92. The molecule has 0 saturated carbocycles. The summed E-state index contributed by atoms with van der Waals surface area (Å²) in [6.45, 7) is 4.50. The van der Waals surface area contributed by atoms with Crippen LogP contribution in [0.3, 0.4) is 0 Å². The molecular weight excluding hydrogens is 404 g/mol. The van der Waals surface area contributed by atoms with Crippen molar-refractivity contribution in [3.05, 3.63) is 78.4 Å². The average Bonchev–Trinajstić information content (AvgIpc) is 2.79. The molecule has 2 aromatic carbocycles. The second kappa shape index (κ2) is 9.30. The highest BCUT2D eigenvalue weighted by molar-refractivity contribution is 6.03. The topological polar surface area (TPSA) is 115 Å². The van der Waals surface area contributed by atoms with Gasteiger partial charge in [-0.25, -0.2) is 14.8 Å². The van der Waals surface area contributed by atoms with E-state index in [0.29, 0.717) is 29.7 Å². The summed E-state index contributed by atoms with van der Waals surface area (Å²) >= 11 is 0. The molecule has 2 amide bonds. The number of ether oxygens (including phenoxy) is 1. The Morgan fingerprint density at radius 2 is 1.88 bits per heavy atom. The van der Waals surface area contributed by atoms with Crippen molar-refractivity contribution in [2.24, 2.45) is 5.73 Å². The van der Waals surface area contributed by atoms with Gasteiger partial charge in [-0.2, -0.15) is 0 Å². The minimum absolute atomic E-state index is 0.288. The number of primary amides is 1. The van der Waals surface area contributed by atoms with Crippen LogP contribution in [0.25, 0.3) is 10.8 Å². The van der Waals surface area contributed by atoms with Crippen molar-refractivity contribution in [3.63, 3.8) is 0 Å². The molecule has 0 aliphatic heterocycles. The normalized spacial score (nSPS) is 10.8. The predicted octanol–water partition coefficient (Wildman–Crippen LogP) is 4.96. The highest BCUT2D eigenvalue weighted by atomic mass is 16.5. The van der Waals surface area contributed by atoms with Crippen LogP contribution < -0.4 is 21.1 Å². The number of benzene rings is 2. The Bertz CT molecular complexity index is 1260. The molecule has 0 radical (unpaired) electrons. The number of rotatable bonds is 7. The van der Waals surface area contributed by atoms with Crippen molar-refractivity contribution in [2.45, 2.75) is 26.4 Å². The van der Waals surface area contributed by atoms with Gasteiger partial charge in [-0.05, 0) is 35.7 Å². The maximum atomic E-state index is 11.3. The van der Waals surface area contributed by atoms with Crippen molar-refractivity contribution in [2.75, 3.05) is 10.6 Å². The van der Waals surface area contributed by atoms with Gasteiger partial charge in [-0.1, -0.05) is 38.1 Å². The largest absolute Gasteiger partial charge is 0.488 e. The molecule has 0 saturated heterocycles. The number of urea groups is 1.